The Morgan fingerprint density at radius 1 is 1.33 bits per heavy atom. The molecule has 0 radical (unpaired) electrons. The highest BCUT2D eigenvalue weighted by Gasteiger charge is 2.24. The van der Waals surface area contributed by atoms with Crippen LogP contribution in [0, 0.1) is 19.8 Å². The first-order valence-electron chi connectivity index (χ1n) is 9.97. The molecule has 146 valence electrons. The van der Waals surface area contributed by atoms with Crippen molar-refractivity contribution >= 4 is 11.6 Å². The third-order valence-electron chi connectivity index (χ3n) is 5.28. The van der Waals surface area contributed by atoms with E-state index in [4.69, 9.17) is 4.74 Å². The first-order chi connectivity index (χ1) is 12.9. The summed E-state index contributed by atoms with van der Waals surface area (Å²) in [5.74, 6) is 0.599. The van der Waals surface area contributed by atoms with Crippen molar-refractivity contribution in [3.05, 3.63) is 47.3 Å². The number of hydrogen-bond donors (Lipinski definition) is 1. The van der Waals surface area contributed by atoms with Gasteiger partial charge >= 0.3 is 0 Å². The molecule has 1 fully saturated rings. The van der Waals surface area contributed by atoms with E-state index < -0.39 is 6.10 Å². The first-order valence-corrected chi connectivity index (χ1v) is 9.97. The largest absolute Gasteiger partial charge is 0.365 e. The van der Waals surface area contributed by atoms with Crippen molar-refractivity contribution < 1.29 is 9.53 Å². The average molecular weight is 370 g/mol. The molecule has 1 aromatic carbocycles. The van der Waals surface area contributed by atoms with Gasteiger partial charge in [-0.25, -0.2) is 0 Å². The average Bonchev–Trinajstić information content (AvgIpc) is 2.92. The van der Waals surface area contributed by atoms with Crippen molar-refractivity contribution in [1.29, 1.82) is 0 Å². The van der Waals surface area contributed by atoms with Crippen LogP contribution in [0.5, 0.6) is 0 Å². The van der Waals surface area contributed by atoms with Gasteiger partial charge in [-0.05, 0) is 63.3 Å². The highest BCUT2D eigenvalue weighted by atomic mass is 16.5. The van der Waals surface area contributed by atoms with E-state index in [1.54, 1.807) is 0 Å². The molecule has 1 saturated carbocycles. The summed E-state index contributed by atoms with van der Waals surface area (Å²) in [6.07, 6.45) is 4.32. The molecule has 1 aromatic heterocycles. The number of carbonyl (C=O) groups excluding carboxylic acids is 1. The zero-order valence-electron chi connectivity index (χ0n) is 16.9. The lowest BCUT2D eigenvalue weighted by Gasteiger charge is -2.29. The van der Waals surface area contributed by atoms with Crippen molar-refractivity contribution in [2.24, 2.45) is 5.92 Å². The Balaban J connectivity index is 1.58. The quantitative estimate of drug-likeness (QED) is 0.817. The van der Waals surface area contributed by atoms with E-state index in [0.29, 0.717) is 12.5 Å². The molecule has 0 bridgehead atoms. The molecule has 3 atom stereocenters. The third kappa shape index (κ3) is 5.42. The van der Waals surface area contributed by atoms with Crippen LogP contribution in [0.2, 0.25) is 0 Å². The Kier molecular flexibility index (Phi) is 6.32. The predicted molar refractivity (Wildman–Crippen MR) is 108 cm³/mol. The van der Waals surface area contributed by atoms with Crippen LogP contribution in [0.15, 0.2) is 30.3 Å². The monoisotopic (exact) mass is 369 g/mol. The summed E-state index contributed by atoms with van der Waals surface area (Å²) < 4.78 is 7.99. The SMILES string of the molecule is Cc1cc(C)n(Cc2cccc(NC(=O)C(C)OC3CCCC(C)C3)c2)n1. The summed E-state index contributed by atoms with van der Waals surface area (Å²) in [6.45, 7) is 8.84. The molecule has 1 heterocycles. The Morgan fingerprint density at radius 3 is 2.85 bits per heavy atom. The van der Waals surface area contributed by atoms with Gasteiger partial charge in [0.1, 0.15) is 6.10 Å². The molecule has 0 saturated heterocycles. The van der Waals surface area contributed by atoms with Crippen LogP contribution < -0.4 is 5.32 Å². The van der Waals surface area contributed by atoms with E-state index in [2.05, 4.69) is 36.4 Å². The molecule has 1 aliphatic rings. The van der Waals surface area contributed by atoms with E-state index in [9.17, 15) is 4.79 Å². The molecule has 0 spiro atoms. The molecular weight excluding hydrogens is 338 g/mol. The van der Waals surface area contributed by atoms with E-state index in [0.717, 1.165) is 35.5 Å². The Bertz CT molecular complexity index is 784. The fraction of sp³-hybridized carbons (Fsp3) is 0.545. The maximum Gasteiger partial charge on any atom is 0.253 e. The summed E-state index contributed by atoms with van der Waals surface area (Å²) in [6, 6.07) is 10.00. The van der Waals surface area contributed by atoms with Crippen LogP contribution in [0.1, 0.15) is 56.5 Å². The number of carbonyl (C=O) groups is 1. The molecule has 1 aliphatic carbocycles. The number of ether oxygens (including phenoxy) is 1. The normalized spacial score (nSPS) is 21.0. The highest BCUT2D eigenvalue weighted by Crippen LogP contribution is 2.26. The number of anilines is 1. The molecule has 1 amide bonds. The van der Waals surface area contributed by atoms with Crippen LogP contribution in [-0.2, 0) is 16.1 Å². The fourth-order valence-electron chi connectivity index (χ4n) is 3.85. The summed E-state index contributed by atoms with van der Waals surface area (Å²) >= 11 is 0. The number of benzene rings is 1. The second kappa shape index (κ2) is 8.70. The molecule has 5 nitrogen and oxygen atoms in total. The van der Waals surface area contributed by atoms with Gasteiger partial charge in [0.25, 0.3) is 5.91 Å². The predicted octanol–water partition coefficient (Wildman–Crippen LogP) is 4.47. The minimum atomic E-state index is -0.444. The van der Waals surface area contributed by atoms with Gasteiger partial charge in [-0.1, -0.05) is 31.9 Å². The molecular formula is C22H31N3O2. The lowest BCUT2D eigenvalue weighted by Crippen LogP contribution is -2.33. The van der Waals surface area contributed by atoms with Crippen LogP contribution in [-0.4, -0.2) is 27.9 Å². The molecule has 5 heteroatoms. The van der Waals surface area contributed by atoms with E-state index >= 15 is 0 Å². The Labute approximate surface area is 162 Å². The van der Waals surface area contributed by atoms with Gasteiger partial charge in [0, 0.05) is 11.4 Å². The summed E-state index contributed by atoms with van der Waals surface area (Å²) in [5.41, 5.74) is 4.05. The molecule has 3 unspecified atom stereocenters. The second-order valence-electron chi connectivity index (χ2n) is 7.95. The first kappa shape index (κ1) is 19.6. The standard InChI is InChI=1S/C22H31N3O2/c1-15-7-5-10-21(11-15)27-18(4)22(26)23-20-9-6-8-19(13-20)14-25-17(3)12-16(2)24-25/h6,8-9,12-13,15,18,21H,5,7,10-11,14H2,1-4H3,(H,23,26). The van der Waals surface area contributed by atoms with Gasteiger partial charge in [-0.2, -0.15) is 5.10 Å². The van der Waals surface area contributed by atoms with Crippen molar-refractivity contribution in [2.75, 3.05) is 5.32 Å². The molecule has 2 aromatic rings. The molecule has 3 rings (SSSR count). The topological polar surface area (TPSA) is 56.2 Å². The molecule has 1 N–H and O–H groups in total. The van der Waals surface area contributed by atoms with E-state index in [1.807, 2.05) is 36.7 Å². The number of rotatable bonds is 6. The molecule has 27 heavy (non-hydrogen) atoms. The third-order valence-corrected chi connectivity index (χ3v) is 5.28. The summed E-state index contributed by atoms with van der Waals surface area (Å²) in [5, 5.41) is 7.50. The number of amides is 1. The van der Waals surface area contributed by atoms with Crippen LogP contribution in [0.3, 0.4) is 0 Å². The minimum Gasteiger partial charge on any atom is -0.365 e. The minimum absolute atomic E-state index is 0.0866. The smallest absolute Gasteiger partial charge is 0.253 e. The van der Waals surface area contributed by atoms with Gasteiger partial charge in [0.15, 0.2) is 0 Å². The van der Waals surface area contributed by atoms with Gasteiger partial charge in [0.2, 0.25) is 0 Å². The second-order valence-corrected chi connectivity index (χ2v) is 7.95. The Hall–Kier alpha value is -2.14. The Morgan fingerprint density at radius 2 is 2.15 bits per heavy atom. The van der Waals surface area contributed by atoms with Crippen molar-refractivity contribution in [3.63, 3.8) is 0 Å². The maximum absolute atomic E-state index is 12.5. The number of nitrogens with one attached hydrogen (secondary N) is 1. The van der Waals surface area contributed by atoms with Crippen molar-refractivity contribution in [1.82, 2.24) is 9.78 Å². The number of nitrogens with zero attached hydrogens (tertiary/aromatic N) is 2. The van der Waals surface area contributed by atoms with Gasteiger partial charge < -0.3 is 10.1 Å². The van der Waals surface area contributed by atoms with Gasteiger partial charge in [-0.3, -0.25) is 9.48 Å². The lowest BCUT2D eigenvalue weighted by atomic mass is 9.88. The number of aryl methyl sites for hydroxylation is 2. The zero-order chi connectivity index (χ0) is 19.4. The number of aromatic nitrogens is 2. The fourth-order valence-corrected chi connectivity index (χ4v) is 3.85. The summed E-state index contributed by atoms with van der Waals surface area (Å²) in [7, 11) is 0. The zero-order valence-corrected chi connectivity index (χ0v) is 16.9. The lowest BCUT2D eigenvalue weighted by molar-refractivity contribution is -0.131. The van der Waals surface area contributed by atoms with Gasteiger partial charge in [-0.15, -0.1) is 0 Å². The van der Waals surface area contributed by atoms with E-state index in [1.165, 1.54) is 12.8 Å². The van der Waals surface area contributed by atoms with Crippen LogP contribution in [0.4, 0.5) is 5.69 Å². The van der Waals surface area contributed by atoms with Crippen LogP contribution in [0.25, 0.3) is 0 Å². The van der Waals surface area contributed by atoms with Crippen molar-refractivity contribution in [3.8, 4) is 0 Å². The number of hydrogen-bond acceptors (Lipinski definition) is 3. The summed E-state index contributed by atoms with van der Waals surface area (Å²) in [4.78, 5) is 12.5. The highest BCUT2D eigenvalue weighted by molar-refractivity contribution is 5.93. The van der Waals surface area contributed by atoms with Gasteiger partial charge in [0.05, 0.1) is 18.3 Å². The van der Waals surface area contributed by atoms with E-state index in [-0.39, 0.29) is 12.0 Å². The van der Waals surface area contributed by atoms with Crippen LogP contribution >= 0.6 is 0 Å². The molecule has 0 aliphatic heterocycles. The van der Waals surface area contributed by atoms with Crippen molar-refractivity contribution in [2.45, 2.75) is 72.1 Å². The maximum atomic E-state index is 12.5.